The Morgan fingerprint density at radius 1 is 1.06 bits per heavy atom. The highest BCUT2D eigenvalue weighted by Crippen LogP contribution is 2.29. The summed E-state index contributed by atoms with van der Waals surface area (Å²) in [5.74, 6) is -0.904. The largest absolute Gasteiger partial charge is 0.435 e. The molecule has 7 nitrogen and oxygen atoms in total. The van der Waals surface area contributed by atoms with Crippen molar-refractivity contribution in [3.63, 3.8) is 0 Å². The second-order valence-corrected chi connectivity index (χ2v) is 8.02. The number of nitrogens with one attached hydrogen (secondary N) is 2. The second-order valence-electron chi connectivity index (χ2n) is 8.02. The maximum atomic E-state index is 13.0. The lowest BCUT2D eigenvalue weighted by Gasteiger charge is -2.22. The minimum absolute atomic E-state index is 0.0550. The van der Waals surface area contributed by atoms with E-state index in [-0.39, 0.29) is 12.3 Å². The molecule has 1 fully saturated rings. The number of imide groups is 1. The van der Waals surface area contributed by atoms with Gasteiger partial charge in [0.25, 0.3) is 5.91 Å². The molecule has 0 aliphatic carbocycles. The maximum absolute atomic E-state index is 13.0. The van der Waals surface area contributed by atoms with Crippen molar-refractivity contribution in [1.82, 2.24) is 15.5 Å². The molecule has 2 aromatic carbocycles. The zero-order chi connectivity index (χ0) is 24.0. The Hall–Kier alpha value is -3.49. The molecule has 0 saturated carbocycles. The van der Waals surface area contributed by atoms with E-state index >= 15 is 0 Å². The third-order valence-electron chi connectivity index (χ3n) is 5.53. The molecule has 2 N–H and O–H groups in total. The minimum atomic E-state index is -2.89. The molecule has 176 valence electrons. The van der Waals surface area contributed by atoms with E-state index in [1.807, 2.05) is 24.3 Å². The molecule has 1 heterocycles. The molecule has 2 aromatic rings. The van der Waals surface area contributed by atoms with Crippen LogP contribution >= 0.6 is 0 Å². The van der Waals surface area contributed by atoms with Gasteiger partial charge in [-0.15, -0.1) is 0 Å². The van der Waals surface area contributed by atoms with Gasteiger partial charge in [-0.3, -0.25) is 14.5 Å². The molecule has 0 radical (unpaired) electrons. The van der Waals surface area contributed by atoms with Gasteiger partial charge >= 0.3 is 12.6 Å². The van der Waals surface area contributed by atoms with Crippen molar-refractivity contribution < 1.29 is 27.9 Å². The summed E-state index contributed by atoms with van der Waals surface area (Å²) in [5.41, 5.74) is 1.38. The fourth-order valence-electron chi connectivity index (χ4n) is 3.71. The van der Waals surface area contributed by atoms with Crippen molar-refractivity contribution in [2.45, 2.75) is 45.3 Å². The summed E-state index contributed by atoms with van der Waals surface area (Å²) < 4.78 is 28.7. The number of halogens is 2. The van der Waals surface area contributed by atoms with Crippen molar-refractivity contribution in [3.8, 4) is 5.75 Å². The summed E-state index contributed by atoms with van der Waals surface area (Å²) in [6.07, 6.45) is 2.38. The van der Waals surface area contributed by atoms with Crippen LogP contribution in [0, 0.1) is 0 Å². The van der Waals surface area contributed by atoms with Crippen molar-refractivity contribution in [2.24, 2.45) is 0 Å². The van der Waals surface area contributed by atoms with Crippen LogP contribution < -0.4 is 15.4 Å². The van der Waals surface area contributed by atoms with Gasteiger partial charge in [0, 0.05) is 6.54 Å². The highest BCUT2D eigenvalue weighted by Gasteiger charge is 2.49. The first-order valence-corrected chi connectivity index (χ1v) is 10.8. The molecule has 1 aliphatic rings. The van der Waals surface area contributed by atoms with Crippen LogP contribution in [-0.4, -0.2) is 42.4 Å². The molecule has 0 aromatic heterocycles. The Morgan fingerprint density at radius 2 is 1.67 bits per heavy atom. The zero-order valence-electron chi connectivity index (χ0n) is 18.6. The minimum Gasteiger partial charge on any atom is -0.435 e. The van der Waals surface area contributed by atoms with E-state index in [9.17, 15) is 23.2 Å². The van der Waals surface area contributed by atoms with E-state index in [1.54, 1.807) is 19.1 Å². The number of urea groups is 1. The number of hydrogen-bond acceptors (Lipinski definition) is 4. The molecule has 0 bridgehead atoms. The van der Waals surface area contributed by atoms with Crippen LogP contribution in [0.2, 0.25) is 0 Å². The average molecular weight is 459 g/mol. The standard InChI is InChI=1S/C24H27F2N3O4/c1-3-4-16-5-9-18(10-6-16)24(2)21(31)29(23(32)28-24)15-20(30)27-14-13-17-7-11-19(12-8-17)33-22(25)26/h5-12,22H,3-4,13-15H2,1-2H3,(H,27,30)(H,28,32). The first-order chi connectivity index (χ1) is 15.7. The number of nitrogens with zero attached hydrogens (tertiary/aromatic N) is 1. The number of ether oxygens (including phenoxy) is 1. The predicted molar refractivity (Wildman–Crippen MR) is 118 cm³/mol. The smallest absolute Gasteiger partial charge is 0.387 e. The summed E-state index contributed by atoms with van der Waals surface area (Å²) in [6, 6.07) is 13.0. The molecule has 1 aliphatic heterocycles. The number of hydrogen-bond donors (Lipinski definition) is 2. The maximum Gasteiger partial charge on any atom is 0.387 e. The molecule has 4 amide bonds. The fraction of sp³-hybridized carbons (Fsp3) is 0.375. The first kappa shape index (κ1) is 24.2. The number of alkyl halides is 2. The van der Waals surface area contributed by atoms with E-state index in [0.717, 1.165) is 28.9 Å². The number of amides is 4. The topological polar surface area (TPSA) is 87.7 Å². The molecule has 3 rings (SSSR count). The Labute approximate surface area is 191 Å². The van der Waals surface area contributed by atoms with Gasteiger partial charge in [-0.2, -0.15) is 8.78 Å². The molecule has 1 unspecified atom stereocenters. The van der Waals surface area contributed by atoms with Crippen LogP contribution in [0.5, 0.6) is 5.75 Å². The third-order valence-corrected chi connectivity index (χ3v) is 5.53. The van der Waals surface area contributed by atoms with Crippen molar-refractivity contribution in [1.29, 1.82) is 0 Å². The van der Waals surface area contributed by atoms with Crippen LogP contribution in [0.4, 0.5) is 13.6 Å². The lowest BCUT2D eigenvalue weighted by molar-refractivity contribution is -0.134. The van der Waals surface area contributed by atoms with Gasteiger partial charge in [-0.05, 0) is 48.6 Å². The number of carbonyl (C=O) groups excluding carboxylic acids is 3. The summed E-state index contributed by atoms with van der Waals surface area (Å²) in [7, 11) is 0. The van der Waals surface area contributed by atoms with Gasteiger partial charge in [0.15, 0.2) is 0 Å². The average Bonchev–Trinajstić information content (AvgIpc) is 2.99. The van der Waals surface area contributed by atoms with Crippen LogP contribution in [0.25, 0.3) is 0 Å². The highest BCUT2D eigenvalue weighted by molar-refractivity contribution is 6.09. The van der Waals surface area contributed by atoms with Crippen LogP contribution in [-0.2, 0) is 28.0 Å². The lowest BCUT2D eigenvalue weighted by Crippen LogP contribution is -2.43. The number of aryl methyl sites for hydroxylation is 1. The van der Waals surface area contributed by atoms with E-state index in [1.165, 1.54) is 12.1 Å². The van der Waals surface area contributed by atoms with Crippen molar-refractivity contribution >= 4 is 17.8 Å². The Balaban J connectivity index is 1.53. The summed E-state index contributed by atoms with van der Waals surface area (Å²) >= 11 is 0. The quantitative estimate of drug-likeness (QED) is 0.534. The van der Waals surface area contributed by atoms with Gasteiger partial charge in [0.1, 0.15) is 17.8 Å². The highest BCUT2D eigenvalue weighted by atomic mass is 19.3. The van der Waals surface area contributed by atoms with E-state index < -0.39 is 36.5 Å². The van der Waals surface area contributed by atoms with E-state index in [2.05, 4.69) is 22.3 Å². The van der Waals surface area contributed by atoms with Crippen molar-refractivity contribution in [3.05, 3.63) is 65.2 Å². The van der Waals surface area contributed by atoms with Gasteiger partial charge in [0.05, 0.1) is 0 Å². The Kier molecular flexibility index (Phi) is 7.63. The first-order valence-electron chi connectivity index (χ1n) is 10.8. The van der Waals surface area contributed by atoms with E-state index in [4.69, 9.17) is 0 Å². The molecule has 9 heteroatoms. The summed E-state index contributed by atoms with van der Waals surface area (Å²) in [6.45, 7) is 0.688. The molecule has 1 saturated heterocycles. The van der Waals surface area contributed by atoms with Gasteiger partial charge in [-0.1, -0.05) is 49.7 Å². The predicted octanol–water partition coefficient (Wildman–Crippen LogP) is 3.37. The molecular formula is C24H27F2N3O4. The third kappa shape index (κ3) is 5.85. The van der Waals surface area contributed by atoms with E-state index in [0.29, 0.717) is 12.0 Å². The molecule has 1 atom stereocenters. The number of benzene rings is 2. The fourth-order valence-corrected chi connectivity index (χ4v) is 3.71. The summed E-state index contributed by atoms with van der Waals surface area (Å²) in [4.78, 5) is 38.7. The lowest BCUT2D eigenvalue weighted by atomic mass is 9.91. The monoisotopic (exact) mass is 459 g/mol. The number of carbonyl (C=O) groups is 3. The number of rotatable bonds is 10. The van der Waals surface area contributed by atoms with Crippen LogP contribution in [0.15, 0.2) is 48.5 Å². The van der Waals surface area contributed by atoms with Gasteiger partial charge in [-0.25, -0.2) is 4.79 Å². The Bertz CT molecular complexity index is 996. The molecule has 0 spiro atoms. The SMILES string of the molecule is CCCc1ccc(C2(C)NC(=O)N(CC(=O)NCCc3ccc(OC(F)F)cc3)C2=O)cc1. The Morgan fingerprint density at radius 3 is 2.27 bits per heavy atom. The molecule has 33 heavy (non-hydrogen) atoms. The van der Waals surface area contributed by atoms with Gasteiger partial charge < -0.3 is 15.4 Å². The van der Waals surface area contributed by atoms with Crippen LogP contribution in [0.1, 0.15) is 37.0 Å². The normalized spacial score (nSPS) is 17.9. The second kappa shape index (κ2) is 10.4. The van der Waals surface area contributed by atoms with Crippen molar-refractivity contribution in [2.75, 3.05) is 13.1 Å². The zero-order valence-corrected chi connectivity index (χ0v) is 18.6. The summed E-state index contributed by atoms with van der Waals surface area (Å²) in [5, 5.41) is 5.37. The van der Waals surface area contributed by atoms with Crippen LogP contribution in [0.3, 0.4) is 0 Å². The molecular weight excluding hydrogens is 432 g/mol. The van der Waals surface area contributed by atoms with Gasteiger partial charge in [0.2, 0.25) is 5.91 Å².